The molecule has 2 heterocycles. The van der Waals surface area contributed by atoms with Gasteiger partial charge in [-0.3, -0.25) is 4.79 Å². The Morgan fingerprint density at radius 1 is 1.57 bits per heavy atom. The fourth-order valence-corrected chi connectivity index (χ4v) is 3.52. The molecule has 124 valence electrons. The van der Waals surface area contributed by atoms with E-state index in [9.17, 15) is 9.69 Å². The summed E-state index contributed by atoms with van der Waals surface area (Å²) in [7, 11) is -1.55. The number of hydrogen-bond donors (Lipinski definition) is 2. The lowest BCUT2D eigenvalue weighted by atomic mass is 10.2. The zero-order valence-electron chi connectivity index (χ0n) is 12.5. The van der Waals surface area contributed by atoms with E-state index in [0.717, 1.165) is 31.0 Å². The Balaban J connectivity index is 1.48. The molecule has 2 unspecified atom stereocenters. The maximum Gasteiger partial charge on any atom is 0.288 e. The van der Waals surface area contributed by atoms with Gasteiger partial charge in [-0.15, -0.1) is 5.10 Å². The van der Waals surface area contributed by atoms with Gasteiger partial charge in [0, 0.05) is 5.31 Å². The zero-order valence-corrected chi connectivity index (χ0v) is 13.4. The van der Waals surface area contributed by atoms with E-state index < -0.39 is 14.3 Å². The normalized spacial score (nSPS) is 25.3. The van der Waals surface area contributed by atoms with Crippen LogP contribution in [0.5, 0.6) is 0 Å². The molecule has 2 aliphatic rings. The summed E-state index contributed by atoms with van der Waals surface area (Å²) in [5.74, 6) is -0.688. The molecule has 8 nitrogen and oxygen atoms in total. The van der Waals surface area contributed by atoms with E-state index >= 15 is 0 Å². The molecule has 0 spiro atoms. The number of carbonyl (C=O) groups excluding carboxylic acids is 1. The first-order valence-electron chi connectivity index (χ1n) is 7.47. The van der Waals surface area contributed by atoms with E-state index in [1.165, 1.54) is 11.0 Å². The number of hydrogen-bond acceptors (Lipinski definition) is 6. The van der Waals surface area contributed by atoms with Crippen LogP contribution in [-0.2, 0) is 9.26 Å². The van der Waals surface area contributed by atoms with Crippen molar-refractivity contribution < 1.29 is 18.9 Å². The number of nitrogens with zero attached hydrogens (tertiary/aromatic N) is 3. The van der Waals surface area contributed by atoms with Gasteiger partial charge >= 0.3 is 0 Å². The first kappa shape index (κ1) is 16.3. The molecule has 0 saturated carbocycles. The summed E-state index contributed by atoms with van der Waals surface area (Å²) >= 11 is 0. The smallest absolute Gasteiger partial charge is 0.288 e. The maximum atomic E-state index is 11.0. The first-order chi connectivity index (χ1) is 11.1. The van der Waals surface area contributed by atoms with Crippen molar-refractivity contribution >= 4 is 14.3 Å². The van der Waals surface area contributed by atoms with Crippen LogP contribution >= 0.6 is 8.38 Å². The van der Waals surface area contributed by atoms with Gasteiger partial charge in [-0.1, -0.05) is 18.2 Å². The number of carbonyl (C=O) groups is 1. The molecule has 1 fully saturated rings. The minimum absolute atomic E-state index is 0.0236. The summed E-state index contributed by atoms with van der Waals surface area (Å²) in [6, 6.07) is 0. The minimum Gasteiger partial charge on any atom is -0.363 e. The molecule has 0 radical (unpaired) electrons. The average Bonchev–Trinajstić information content (AvgIpc) is 3.22. The summed E-state index contributed by atoms with van der Waals surface area (Å²) < 4.78 is 12.9. The molecule has 1 saturated heterocycles. The molecule has 3 atom stereocenters. The van der Waals surface area contributed by atoms with Crippen molar-refractivity contribution in [2.45, 2.75) is 38.0 Å². The second kappa shape index (κ2) is 7.31. The molecule has 9 heteroatoms. The van der Waals surface area contributed by atoms with Gasteiger partial charge in [0.1, 0.15) is 6.33 Å². The zero-order chi connectivity index (χ0) is 16.2. The summed E-state index contributed by atoms with van der Waals surface area (Å²) in [5.41, 5.74) is 5.13. The molecule has 0 bridgehead atoms. The highest BCUT2D eigenvalue weighted by atomic mass is 31.2. The molecule has 1 aliphatic carbocycles. The average molecular weight is 338 g/mol. The van der Waals surface area contributed by atoms with Crippen molar-refractivity contribution in [2.24, 2.45) is 5.73 Å². The van der Waals surface area contributed by atoms with Gasteiger partial charge in [-0.2, -0.15) is 0 Å². The highest BCUT2D eigenvalue weighted by Gasteiger charge is 2.29. The van der Waals surface area contributed by atoms with Crippen LogP contribution in [0.3, 0.4) is 0 Å². The van der Waals surface area contributed by atoms with Gasteiger partial charge < -0.3 is 19.9 Å². The third-order valence-corrected chi connectivity index (χ3v) is 4.99. The Hall–Kier alpha value is -1.60. The van der Waals surface area contributed by atoms with Crippen molar-refractivity contribution in [1.82, 2.24) is 14.8 Å². The van der Waals surface area contributed by atoms with E-state index in [1.54, 1.807) is 0 Å². The first-order valence-corrected chi connectivity index (χ1v) is 8.69. The van der Waals surface area contributed by atoms with Gasteiger partial charge in [0.25, 0.3) is 5.91 Å². The third kappa shape index (κ3) is 4.03. The van der Waals surface area contributed by atoms with Gasteiger partial charge in [-0.25, -0.2) is 9.67 Å². The number of primary amides is 1. The minimum atomic E-state index is -1.55. The topological polar surface area (TPSA) is 112 Å². The number of allylic oxidation sites excluding steroid dienone is 4. The largest absolute Gasteiger partial charge is 0.363 e. The number of amides is 1. The van der Waals surface area contributed by atoms with E-state index in [-0.39, 0.29) is 18.2 Å². The number of aromatic nitrogens is 3. The monoisotopic (exact) mass is 338 g/mol. The molecule has 3 rings (SSSR count). The Kier molecular flexibility index (Phi) is 5.17. The highest BCUT2D eigenvalue weighted by Crippen LogP contribution is 2.45. The number of rotatable bonds is 6. The van der Waals surface area contributed by atoms with Crippen LogP contribution in [0.2, 0.25) is 0 Å². The van der Waals surface area contributed by atoms with E-state index in [4.69, 9.17) is 15.0 Å². The Morgan fingerprint density at radius 3 is 3.13 bits per heavy atom. The van der Waals surface area contributed by atoms with Gasteiger partial charge in [0.15, 0.2) is 14.6 Å². The van der Waals surface area contributed by atoms with Crippen molar-refractivity contribution in [3.8, 4) is 0 Å². The number of nitrogens with two attached hydrogens (primary N) is 1. The van der Waals surface area contributed by atoms with Crippen LogP contribution in [0.1, 0.15) is 42.5 Å². The van der Waals surface area contributed by atoms with Crippen LogP contribution in [-0.4, -0.2) is 38.3 Å². The van der Waals surface area contributed by atoms with Gasteiger partial charge in [-0.05, 0) is 25.7 Å². The molecule has 1 aliphatic heterocycles. The second-order valence-electron chi connectivity index (χ2n) is 5.40. The van der Waals surface area contributed by atoms with E-state index in [0.29, 0.717) is 6.61 Å². The lowest BCUT2D eigenvalue weighted by Gasteiger charge is -2.18. The molecule has 1 amide bonds. The van der Waals surface area contributed by atoms with Gasteiger partial charge in [0.2, 0.25) is 5.82 Å². The van der Waals surface area contributed by atoms with Gasteiger partial charge in [0.05, 0.1) is 12.7 Å². The third-order valence-electron chi connectivity index (χ3n) is 3.73. The lowest BCUT2D eigenvalue weighted by Crippen LogP contribution is -2.17. The SMILES string of the molecule is NC(=O)c1ncn([C@H]2CCC(COP(O)C3=CC=CCC3)O2)n1. The van der Waals surface area contributed by atoms with Crippen molar-refractivity contribution in [3.63, 3.8) is 0 Å². The van der Waals surface area contributed by atoms with Crippen molar-refractivity contribution in [3.05, 3.63) is 35.7 Å². The summed E-state index contributed by atoms with van der Waals surface area (Å²) in [4.78, 5) is 24.9. The molecule has 3 N–H and O–H groups in total. The van der Waals surface area contributed by atoms with Crippen LogP contribution < -0.4 is 5.73 Å². The quantitative estimate of drug-likeness (QED) is 0.762. The fourth-order valence-electron chi connectivity index (χ4n) is 2.52. The second-order valence-corrected chi connectivity index (χ2v) is 6.77. The lowest BCUT2D eigenvalue weighted by molar-refractivity contribution is -0.0235. The van der Waals surface area contributed by atoms with Crippen molar-refractivity contribution in [1.29, 1.82) is 0 Å². The maximum absolute atomic E-state index is 11.0. The summed E-state index contributed by atoms with van der Waals surface area (Å²) in [6.07, 6.45) is 10.3. The van der Waals surface area contributed by atoms with Crippen LogP contribution in [0, 0.1) is 0 Å². The van der Waals surface area contributed by atoms with E-state index in [1.807, 2.05) is 12.2 Å². The van der Waals surface area contributed by atoms with Crippen LogP contribution in [0.4, 0.5) is 0 Å². The Bertz CT molecular complexity index is 630. The predicted octanol–water partition coefficient (Wildman–Crippen LogP) is 1.61. The fraction of sp³-hybridized carbons (Fsp3) is 0.500. The predicted molar refractivity (Wildman–Crippen MR) is 83.2 cm³/mol. The summed E-state index contributed by atoms with van der Waals surface area (Å²) in [5, 5.41) is 4.94. The molecule has 1 aromatic heterocycles. The highest BCUT2D eigenvalue weighted by molar-refractivity contribution is 7.51. The Morgan fingerprint density at radius 2 is 2.43 bits per heavy atom. The molecular formula is C14H19N4O4P. The standard InChI is InChI=1S/C14H19N4O4P/c15-13(19)14-16-9-18(17-14)12-7-6-10(22-12)8-21-23(20)11-4-2-1-3-5-11/h1-2,4,9-10,12,20H,3,5-8H2,(H2,15,19)/t10?,12-,23?/m1/s1. The molecular weight excluding hydrogens is 319 g/mol. The van der Waals surface area contributed by atoms with Crippen molar-refractivity contribution in [2.75, 3.05) is 6.61 Å². The van der Waals surface area contributed by atoms with Crippen LogP contribution in [0.15, 0.2) is 29.9 Å². The molecule has 23 heavy (non-hydrogen) atoms. The summed E-state index contributed by atoms with van der Waals surface area (Å²) in [6.45, 7) is 0.330. The Labute approximate surface area is 134 Å². The van der Waals surface area contributed by atoms with E-state index in [2.05, 4.69) is 16.2 Å². The molecule has 1 aromatic rings. The van der Waals surface area contributed by atoms with Crippen LogP contribution in [0.25, 0.3) is 0 Å². The molecule has 0 aromatic carbocycles. The number of ether oxygens (including phenoxy) is 1.